The number of pyridine rings is 1. The first-order valence-electron chi connectivity index (χ1n) is 9.53. The number of fused-ring (bicyclic) bond motifs is 3. The predicted octanol–water partition coefficient (Wildman–Crippen LogP) is 4.19. The van der Waals surface area contributed by atoms with Crippen molar-refractivity contribution in [2.75, 3.05) is 18.9 Å². The summed E-state index contributed by atoms with van der Waals surface area (Å²) in [5, 5.41) is 5.55. The largest absolute Gasteiger partial charge is 0.324 e. The Hall–Kier alpha value is -3.47. The summed E-state index contributed by atoms with van der Waals surface area (Å²) >= 11 is 0. The van der Waals surface area contributed by atoms with E-state index in [1.807, 2.05) is 0 Å². The summed E-state index contributed by atoms with van der Waals surface area (Å²) in [5.74, 6) is -3.41. The normalized spacial score (nSPS) is 15.7. The average molecular weight is 452 g/mol. The fraction of sp³-hybridized carbons (Fsp3) is 0.238. The molecule has 3 aromatic rings. The number of alkyl halides is 2. The van der Waals surface area contributed by atoms with Gasteiger partial charge < -0.3 is 20.5 Å². The molecule has 4 rings (SSSR count). The fourth-order valence-corrected chi connectivity index (χ4v) is 3.82. The highest BCUT2D eigenvalue weighted by molar-refractivity contribution is 5.91. The van der Waals surface area contributed by atoms with Gasteiger partial charge in [0.1, 0.15) is 5.82 Å². The molecule has 1 aliphatic rings. The molecule has 0 bridgehead atoms. The van der Waals surface area contributed by atoms with Gasteiger partial charge in [-0.15, -0.1) is 0 Å². The van der Waals surface area contributed by atoms with Crippen molar-refractivity contribution in [1.82, 2.24) is 15.2 Å². The Morgan fingerprint density at radius 1 is 1.09 bits per heavy atom. The zero-order valence-corrected chi connectivity index (χ0v) is 16.6. The van der Waals surface area contributed by atoms with Gasteiger partial charge in [0.05, 0.1) is 17.0 Å². The number of amides is 2. The Morgan fingerprint density at radius 3 is 2.47 bits per heavy atom. The summed E-state index contributed by atoms with van der Waals surface area (Å²) in [6.45, 7) is 0.462. The number of benzene rings is 2. The van der Waals surface area contributed by atoms with Crippen molar-refractivity contribution in [3.05, 3.63) is 75.0 Å². The second-order valence-electron chi connectivity index (χ2n) is 7.38. The number of likely N-dealkylation sites (N-methyl/N-ethyl adjacent to an activating group) is 1. The number of rotatable bonds is 3. The van der Waals surface area contributed by atoms with Crippen molar-refractivity contribution >= 4 is 22.5 Å². The summed E-state index contributed by atoms with van der Waals surface area (Å²) in [7, 11) is 1.42. The molecule has 1 atom stereocenters. The van der Waals surface area contributed by atoms with Crippen LogP contribution in [0, 0.1) is 17.5 Å². The number of carbonyl (C=O) groups is 1. The topological polar surface area (TPSA) is 77.2 Å². The van der Waals surface area contributed by atoms with Gasteiger partial charge in [0.2, 0.25) is 0 Å². The Morgan fingerprint density at radius 2 is 1.78 bits per heavy atom. The Kier molecular flexibility index (Phi) is 5.59. The summed E-state index contributed by atoms with van der Waals surface area (Å²) < 4.78 is 67.1. The van der Waals surface area contributed by atoms with E-state index >= 15 is 0 Å². The SMILES string of the molecule is CN(C(=O)Nc1ccc(F)c(C(F)F)c1)C1CNCc2[nH]c(=O)c3cc(F)c(F)cc3c21. The average Bonchev–Trinajstić information content (AvgIpc) is 2.75. The van der Waals surface area contributed by atoms with Crippen LogP contribution in [0.4, 0.5) is 32.4 Å². The minimum atomic E-state index is -3.06. The third kappa shape index (κ3) is 3.79. The number of nitrogens with one attached hydrogen (secondary N) is 3. The van der Waals surface area contributed by atoms with Crippen molar-refractivity contribution in [2.45, 2.75) is 19.0 Å². The van der Waals surface area contributed by atoms with Crippen LogP contribution in [-0.4, -0.2) is 29.5 Å². The summed E-state index contributed by atoms with van der Waals surface area (Å²) in [6, 6.07) is 3.10. The number of hydrogen-bond donors (Lipinski definition) is 3. The van der Waals surface area contributed by atoms with E-state index in [4.69, 9.17) is 0 Å². The highest BCUT2D eigenvalue weighted by atomic mass is 19.3. The van der Waals surface area contributed by atoms with E-state index in [1.165, 1.54) is 11.9 Å². The first-order valence-corrected chi connectivity index (χ1v) is 9.53. The lowest BCUT2D eigenvalue weighted by molar-refractivity contribution is 0.146. The quantitative estimate of drug-likeness (QED) is 0.522. The maximum atomic E-state index is 14.0. The van der Waals surface area contributed by atoms with Gasteiger partial charge >= 0.3 is 6.03 Å². The third-order valence-corrected chi connectivity index (χ3v) is 5.43. The molecule has 3 N–H and O–H groups in total. The first kappa shape index (κ1) is 21.8. The molecule has 11 heteroatoms. The van der Waals surface area contributed by atoms with Gasteiger partial charge in [-0.05, 0) is 35.7 Å². The van der Waals surface area contributed by atoms with Gasteiger partial charge in [0.25, 0.3) is 12.0 Å². The first-order chi connectivity index (χ1) is 15.2. The number of halogens is 5. The van der Waals surface area contributed by atoms with Crippen molar-refractivity contribution < 1.29 is 26.7 Å². The number of aromatic amines is 1. The van der Waals surface area contributed by atoms with Crippen LogP contribution in [0.1, 0.15) is 29.3 Å². The maximum absolute atomic E-state index is 14.0. The zero-order valence-electron chi connectivity index (χ0n) is 16.6. The second kappa shape index (κ2) is 8.23. The lowest BCUT2D eigenvalue weighted by atomic mass is 9.94. The van der Waals surface area contributed by atoms with E-state index in [9.17, 15) is 31.5 Å². The number of H-pyrrole nitrogens is 1. The van der Waals surface area contributed by atoms with Crippen LogP contribution in [0.5, 0.6) is 0 Å². The summed E-state index contributed by atoms with van der Waals surface area (Å²) in [5.41, 5.74) is -0.648. The van der Waals surface area contributed by atoms with E-state index in [0.29, 0.717) is 11.3 Å². The molecule has 0 aliphatic carbocycles. The maximum Gasteiger partial charge on any atom is 0.322 e. The fourth-order valence-electron chi connectivity index (χ4n) is 3.82. The van der Waals surface area contributed by atoms with Gasteiger partial charge in [-0.2, -0.15) is 0 Å². The number of carbonyl (C=O) groups excluding carboxylic acids is 1. The Labute approximate surface area is 178 Å². The third-order valence-electron chi connectivity index (χ3n) is 5.43. The molecule has 1 aliphatic heterocycles. The molecule has 0 radical (unpaired) electrons. The van der Waals surface area contributed by atoms with Crippen molar-refractivity contribution in [1.29, 1.82) is 0 Å². The molecule has 168 valence electrons. The Balaban J connectivity index is 1.71. The molecule has 0 saturated heterocycles. The smallest absolute Gasteiger partial charge is 0.322 e. The van der Waals surface area contributed by atoms with Gasteiger partial charge in [-0.25, -0.2) is 26.7 Å². The molecule has 0 fully saturated rings. The van der Waals surface area contributed by atoms with Crippen molar-refractivity contribution in [2.24, 2.45) is 0 Å². The minimum absolute atomic E-state index is 0.0398. The molecule has 1 aromatic heterocycles. The van der Waals surface area contributed by atoms with Crippen molar-refractivity contribution in [3.8, 4) is 0 Å². The van der Waals surface area contributed by atoms with Crippen LogP contribution in [0.3, 0.4) is 0 Å². The van der Waals surface area contributed by atoms with Crippen LogP contribution in [0.2, 0.25) is 0 Å². The van der Waals surface area contributed by atoms with Gasteiger partial charge in [0.15, 0.2) is 11.6 Å². The van der Waals surface area contributed by atoms with E-state index in [2.05, 4.69) is 15.6 Å². The zero-order chi connectivity index (χ0) is 23.2. The van der Waals surface area contributed by atoms with E-state index in [1.54, 1.807) is 0 Å². The molecule has 32 heavy (non-hydrogen) atoms. The van der Waals surface area contributed by atoms with E-state index in [-0.39, 0.29) is 29.5 Å². The molecule has 6 nitrogen and oxygen atoms in total. The van der Waals surface area contributed by atoms with Gasteiger partial charge in [-0.1, -0.05) is 0 Å². The van der Waals surface area contributed by atoms with Crippen LogP contribution in [0.15, 0.2) is 35.1 Å². The number of aromatic nitrogens is 1. The molecular formula is C21H17F5N4O2. The van der Waals surface area contributed by atoms with E-state index in [0.717, 1.165) is 30.3 Å². The number of anilines is 1. The molecule has 2 heterocycles. The second-order valence-corrected chi connectivity index (χ2v) is 7.38. The Bertz CT molecular complexity index is 1280. The standard InChI is InChI=1S/C21H17F5N4O2/c1-30(21(32)28-9-2-3-13(22)12(4-9)19(25)26)17-8-27-7-16-18(17)10-5-14(23)15(24)6-11(10)20(31)29-16/h2-6,17,19,27H,7-8H2,1H3,(H,28,32)(H,29,31). The highest BCUT2D eigenvalue weighted by Crippen LogP contribution is 2.32. The number of hydrogen-bond acceptors (Lipinski definition) is 3. The monoisotopic (exact) mass is 452 g/mol. The highest BCUT2D eigenvalue weighted by Gasteiger charge is 2.30. The van der Waals surface area contributed by atoms with Crippen LogP contribution < -0.4 is 16.2 Å². The molecule has 2 aromatic carbocycles. The van der Waals surface area contributed by atoms with Crippen LogP contribution >= 0.6 is 0 Å². The molecule has 1 unspecified atom stereocenters. The van der Waals surface area contributed by atoms with Crippen molar-refractivity contribution in [3.63, 3.8) is 0 Å². The summed E-state index contributed by atoms with van der Waals surface area (Å²) in [4.78, 5) is 29.0. The molecule has 2 amide bonds. The van der Waals surface area contributed by atoms with Gasteiger partial charge in [-0.3, -0.25) is 4.79 Å². The summed E-state index contributed by atoms with van der Waals surface area (Å²) in [6.07, 6.45) is -3.06. The predicted molar refractivity (Wildman–Crippen MR) is 107 cm³/mol. The number of urea groups is 1. The van der Waals surface area contributed by atoms with Crippen LogP contribution in [0.25, 0.3) is 10.8 Å². The minimum Gasteiger partial charge on any atom is -0.324 e. The van der Waals surface area contributed by atoms with E-state index < -0.39 is 47.1 Å². The number of nitrogens with zero attached hydrogens (tertiary/aromatic N) is 1. The lowest BCUT2D eigenvalue weighted by Gasteiger charge is -2.34. The lowest BCUT2D eigenvalue weighted by Crippen LogP contribution is -2.43. The van der Waals surface area contributed by atoms with Gasteiger partial charge in [0, 0.05) is 37.1 Å². The molecular weight excluding hydrogens is 435 g/mol. The molecule has 0 spiro atoms. The van der Waals surface area contributed by atoms with Crippen LogP contribution in [-0.2, 0) is 6.54 Å². The molecule has 0 saturated carbocycles.